The number of aromatic nitrogens is 4. The minimum atomic E-state index is -0.258. The average Bonchev–Trinajstić information content (AvgIpc) is 3.37. The second-order valence-corrected chi connectivity index (χ2v) is 5.57. The van der Waals surface area contributed by atoms with Crippen LogP contribution in [-0.4, -0.2) is 25.8 Å². The molecular weight excluding hydrogens is 330 g/mol. The molecule has 0 unspecified atom stereocenters. The van der Waals surface area contributed by atoms with Crippen LogP contribution in [0, 0.1) is 0 Å². The Balaban J connectivity index is 1.40. The lowest BCUT2D eigenvalue weighted by atomic mass is 10.2. The number of carbonyl (C=O) groups excluding carboxylic acids is 1. The molecule has 7 nitrogen and oxygen atoms in total. The van der Waals surface area contributed by atoms with Gasteiger partial charge in [-0.3, -0.25) is 4.79 Å². The molecule has 0 atom stereocenters. The van der Waals surface area contributed by atoms with Crippen LogP contribution in [0.4, 0.5) is 0 Å². The van der Waals surface area contributed by atoms with Crippen LogP contribution in [-0.2, 0) is 6.54 Å². The summed E-state index contributed by atoms with van der Waals surface area (Å²) < 4.78 is 6.83. The highest BCUT2D eigenvalue weighted by Gasteiger charge is 2.12. The highest BCUT2D eigenvalue weighted by molar-refractivity contribution is 5.93. The van der Waals surface area contributed by atoms with E-state index in [9.17, 15) is 4.79 Å². The van der Waals surface area contributed by atoms with Crippen LogP contribution in [0.25, 0.3) is 17.1 Å². The third-order valence-electron chi connectivity index (χ3n) is 3.77. The molecule has 128 valence electrons. The fourth-order valence-corrected chi connectivity index (χ4v) is 2.45. The van der Waals surface area contributed by atoms with Gasteiger partial charge in [-0.2, -0.15) is 10.1 Å². The van der Waals surface area contributed by atoms with Gasteiger partial charge in [-0.25, -0.2) is 4.68 Å². The summed E-state index contributed by atoms with van der Waals surface area (Å²) in [6.45, 7) is 0.148. The Kier molecular flexibility index (Phi) is 4.26. The topological polar surface area (TPSA) is 85.8 Å². The van der Waals surface area contributed by atoms with E-state index in [4.69, 9.17) is 4.52 Å². The molecule has 1 amide bonds. The molecule has 2 aromatic carbocycles. The summed E-state index contributed by atoms with van der Waals surface area (Å²) in [5, 5.41) is 10.9. The van der Waals surface area contributed by atoms with Crippen molar-refractivity contribution in [3.8, 4) is 17.1 Å². The molecule has 2 aromatic heterocycles. The number of hydrogen-bond donors (Lipinski definition) is 1. The Bertz CT molecular complexity index is 1010. The van der Waals surface area contributed by atoms with Gasteiger partial charge < -0.3 is 9.84 Å². The second-order valence-electron chi connectivity index (χ2n) is 5.57. The zero-order valence-corrected chi connectivity index (χ0v) is 13.7. The largest absolute Gasteiger partial charge is 0.343 e. The van der Waals surface area contributed by atoms with Gasteiger partial charge in [0.15, 0.2) is 0 Å². The van der Waals surface area contributed by atoms with E-state index in [0.29, 0.717) is 17.3 Å². The first-order valence-electron chi connectivity index (χ1n) is 8.06. The van der Waals surface area contributed by atoms with Gasteiger partial charge in [0.2, 0.25) is 11.7 Å². The van der Waals surface area contributed by atoms with Gasteiger partial charge in [0.1, 0.15) is 0 Å². The van der Waals surface area contributed by atoms with E-state index in [-0.39, 0.29) is 12.5 Å². The number of para-hydroxylation sites is 1. The third kappa shape index (κ3) is 3.36. The SMILES string of the molecule is O=C(NCc1nc(-c2ccccc2)no1)c1cnn(-c2ccccc2)c1. The maximum Gasteiger partial charge on any atom is 0.254 e. The average molecular weight is 345 g/mol. The van der Waals surface area contributed by atoms with Crippen molar-refractivity contribution in [3.63, 3.8) is 0 Å². The number of rotatable bonds is 5. The number of nitrogens with one attached hydrogen (secondary N) is 1. The Hall–Kier alpha value is -3.74. The van der Waals surface area contributed by atoms with Crippen LogP contribution in [0.2, 0.25) is 0 Å². The van der Waals surface area contributed by atoms with E-state index >= 15 is 0 Å². The van der Waals surface area contributed by atoms with Crippen molar-refractivity contribution in [1.82, 2.24) is 25.2 Å². The van der Waals surface area contributed by atoms with Crippen LogP contribution in [0.1, 0.15) is 16.2 Å². The maximum absolute atomic E-state index is 12.3. The molecule has 1 N–H and O–H groups in total. The normalized spacial score (nSPS) is 10.6. The van der Waals surface area contributed by atoms with E-state index in [1.807, 2.05) is 60.7 Å². The van der Waals surface area contributed by atoms with Crippen molar-refractivity contribution >= 4 is 5.91 Å². The van der Waals surface area contributed by atoms with Crippen molar-refractivity contribution in [2.24, 2.45) is 0 Å². The minimum Gasteiger partial charge on any atom is -0.343 e. The van der Waals surface area contributed by atoms with Crippen molar-refractivity contribution in [2.45, 2.75) is 6.54 Å². The van der Waals surface area contributed by atoms with Gasteiger partial charge in [0, 0.05) is 11.8 Å². The molecule has 0 aliphatic carbocycles. The molecule has 7 heteroatoms. The number of benzene rings is 2. The molecule has 0 aliphatic rings. The van der Waals surface area contributed by atoms with Gasteiger partial charge in [0.25, 0.3) is 5.91 Å². The molecule has 4 aromatic rings. The van der Waals surface area contributed by atoms with E-state index in [1.165, 1.54) is 6.20 Å². The zero-order chi connectivity index (χ0) is 17.8. The van der Waals surface area contributed by atoms with Crippen molar-refractivity contribution in [2.75, 3.05) is 0 Å². The number of hydrogen-bond acceptors (Lipinski definition) is 5. The lowest BCUT2D eigenvalue weighted by Crippen LogP contribution is -2.22. The maximum atomic E-state index is 12.3. The molecule has 26 heavy (non-hydrogen) atoms. The molecule has 0 aliphatic heterocycles. The molecule has 0 bridgehead atoms. The molecule has 0 radical (unpaired) electrons. The summed E-state index contributed by atoms with van der Waals surface area (Å²) in [6.07, 6.45) is 3.19. The third-order valence-corrected chi connectivity index (χ3v) is 3.77. The van der Waals surface area contributed by atoms with Gasteiger partial charge in [0.05, 0.1) is 24.0 Å². The van der Waals surface area contributed by atoms with Gasteiger partial charge in [-0.15, -0.1) is 0 Å². The van der Waals surface area contributed by atoms with E-state index in [0.717, 1.165) is 11.3 Å². The van der Waals surface area contributed by atoms with Crippen LogP contribution in [0.5, 0.6) is 0 Å². The van der Waals surface area contributed by atoms with Crippen LogP contribution < -0.4 is 5.32 Å². The van der Waals surface area contributed by atoms with Gasteiger partial charge in [-0.05, 0) is 12.1 Å². The predicted octanol–water partition coefficient (Wildman–Crippen LogP) is 2.85. The molecule has 0 saturated carbocycles. The minimum absolute atomic E-state index is 0.148. The first-order valence-corrected chi connectivity index (χ1v) is 8.06. The number of carbonyl (C=O) groups is 1. The highest BCUT2D eigenvalue weighted by Crippen LogP contribution is 2.14. The summed E-state index contributed by atoms with van der Waals surface area (Å²) >= 11 is 0. The molecule has 0 saturated heterocycles. The molecule has 2 heterocycles. The summed E-state index contributed by atoms with van der Waals surface area (Å²) in [5.41, 5.74) is 2.20. The van der Waals surface area contributed by atoms with Crippen molar-refractivity contribution in [3.05, 3.63) is 84.5 Å². The van der Waals surface area contributed by atoms with Gasteiger partial charge in [-0.1, -0.05) is 53.7 Å². The molecule has 0 fully saturated rings. The molecule has 0 spiro atoms. The van der Waals surface area contributed by atoms with Crippen molar-refractivity contribution < 1.29 is 9.32 Å². The van der Waals surface area contributed by atoms with Crippen LogP contribution in [0.15, 0.2) is 77.6 Å². The Morgan fingerprint density at radius 3 is 2.54 bits per heavy atom. The standard InChI is InChI=1S/C19H15N5O2/c25-19(15-11-21-24(13-15)16-9-5-2-6-10-16)20-12-17-22-18(23-26-17)14-7-3-1-4-8-14/h1-11,13H,12H2,(H,20,25). The zero-order valence-electron chi connectivity index (χ0n) is 13.7. The Labute approximate surface area is 149 Å². The van der Waals surface area contributed by atoms with Crippen LogP contribution >= 0.6 is 0 Å². The van der Waals surface area contributed by atoms with E-state index < -0.39 is 0 Å². The fraction of sp³-hybridized carbons (Fsp3) is 0.0526. The first-order chi connectivity index (χ1) is 12.8. The lowest BCUT2D eigenvalue weighted by molar-refractivity contribution is 0.0946. The monoisotopic (exact) mass is 345 g/mol. The Morgan fingerprint density at radius 2 is 1.77 bits per heavy atom. The second kappa shape index (κ2) is 7.02. The fourth-order valence-electron chi connectivity index (χ4n) is 2.45. The Morgan fingerprint density at radius 1 is 1.04 bits per heavy atom. The summed E-state index contributed by atoms with van der Waals surface area (Å²) in [6, 6.07) is 19.1. The summed E-state index contributed by atoms with van der Waals surface area (Å²) in [4.78, 5) is 16.6. The predicted molar refractivity (Wildman–Crippen MR) is 94.5 cm³/mol. The first kappa shape index (κ1) is 15.8. The number of nitrogens with zero attached hydrogens (tertiary/aromatic N) is 4. The van der Waals surface area contributed by atoms with E-state index in [1.54, 1.807) is 10.9 Å². The lowest BCUT2D eigenvalue weighted by Gasteiger charge is -2.00. The smallest absolute Gasteiger partial charge is 0.254 e. The highest BCUT2D eigenvalue weighted by atomic mass is 16.5. The summed E-state index contributed by atoms with van der Waals surface area (Å²) in [7, 11) is 0. The van der Waals surface area contributed by atoms with Crippen molar-refractivity contribution in [1.29, 1.82) is 0 Å². The quantitative estimate of drug-likeness (QED) is 0.601. The van der Waals surface area contributed by atoms with E-state index in [2.05, 4.69) is 20.6 Å². The number of amides is 1. The van der Waals surface area contributed by atoms with Gasteiger partial charge >= 0.3 is 0 Å². The molecule has 4 rings (SSSR count). The van der Waals surface area contributed by atoms with Crippen LogP contribution in [0.3, 0.4) is 0 Å². The summed E-state index contributed by atoms with van der Waals surface area (Å²) in [5.74, 6) is 0.575. The molecular formula is C19H15N5O2.